The highest BCUT2D eigenvalue weighted by atomic mass is 16.2. The van der Waals surface area contributed by atoms with Crippen LogP contribution in [0.5, 0.6) is 0 Å². The molecule has 1 amide bonds. The lowest BCUT2D eigenvalue weighted by atomic mass is 9.88. The molecule has 2 unspecified atom stereocenters. The van der Waals surface area contributed by atoms with Gasteiger partial charge in [-0.05, 0) is 72.9 Å². The first-order valence-corrected chi connectivity index (χ1v) is 13.5. The second kappa shape index (κ2) is 10.4. The van der Waals surface area contributed by atoms with Crippen LogP contribution in [0.4, 0.5) is 0 Å². The molecule has 0 aliphatic carbocycles. The average molecular weight is 500 g/mol. The summed E-state index contributed by atoms with van der Waals surface area (Å²) in [6.45, 7) is 5.62. The molecule has 5 aromatic rings. The Labute approximate surface area is 224 Å². The molecule has 4 nitrogen and oxygen atoms in total. The summed E-state index contributed by atoms with van der Waals surface area (Å²) < 4.78 is 0. The zero-order valence-electron chi connectivity index (χ0n) is 22.0. The molecule has 1 N–H and O–H groups in total. The lowest BCUT2D eigenvalue weighted by Gasteiger charge is -2.41. The second-order valence-electron chi connectivity index (χ2n) is 10.5. The summed E-state index contributed by atoms with van der Waals surface area (Å²) in [4.78, 5) is 20.6. The van der Waals surface area contributed by atoms with Crippen LogP contribution in [0, 0.1) is 13.8 Å². The van der Waals surface area contributed by atoms with Gasteiger partial charge in [0, 0.05) is 36.3 Å². The van der Waals surface area contributed by atoms with Crippen molar-refractivity contribution in [3.05, 3.63) is 125 Å². The Morgan fingerprint density at radius 3 is 2.47 bits per heavy atom. The molecule has 2 atom stereocenters. The van der Waals surface area contributed by atoms with E-state index in [-0.39, 0.29) is 11.9 Å². The van der Waals surface area contributed by atoms with Gasteiger partial charge in [0.15, 0.2) is 0 Å². The number of amides is 1. The van der Waals surface area contributed by atoms with Crippen LogP contribution in [-0.4, -0.2) is 28.4 Å². The third kappa shape index (κ3) is 4.80. The van der Waals surface area contributed by atoms with Crippen LogP contribution in [0.25, 0.3) is 21.7 Å². The fourth-order valence-electron chi connectivity index (χ4n) is 6.06. The van der Waals surface area contributed by atoms with Crippen molar-refractivity contribution in [2.75, 3.05) is 6.54 Å². The maximum Gasteiger partial charge on any atom is 0.254 e. The zero-order valence-corrected chi connectivity index (χ0v) is 22.0. The molecule has 4 heteroatoms. The lowest BCUT2D eigenvalue weighted by Crippen LogP contribution is -2.46. The molecule has 0 radical (unpaired) electrons. The Balaban J connectivity index is 1.32. The monoisotopic (exact) mass is 499 g/mol. The summed E-state index contributed by atoms with van der Waals surface area (Å²) in [5.41, 5.74) is 6.52. The molecule has 2 heterocycles. The Bertz CT molecular complexity index is 1590. The molecule has 0 bridgehead atoms. The number of hydrogen-bond donors (Lipinski definition) is 1. The molecule has 0 spiro atoms. The van der Waals surface area contributed by atoms with Gasteiger partial charge in [0.05, 0.1) is 11.6 Å². The summed E-state index contributed by atoms with van der Waals surface area (Å²) in [5.74, 6) is 0.119. The van der Waals surface area contributed by atoms with Crippen molar-refractivity contribution < 1.29 is 4.79 Å². The van der Waals surface area contributed by atoms with Gasteiger partial charge in [-0.25, -0.2) is 0 Å². The molecule has 6 rings (SSSR count). The standard InChI is InChI=1S/C34H33N3O/c1-23-18-24(2)20-27(19-23)34(38)37-17-15-28(36-22-26-14-16-35-32-13-6-5-11-30(26)32)21-33(37)31-12-7-9-25-8-3-4-10-29(25)31/h3-14,16,18-20,28,33,36H,15,17,21-22H2,1-2H3. The van der Waals surface area contributed by atoms with Crippen molar-refractivity contribution in [3.63, 3.8) is 0 Å². The number of carbonyl (C=O) groups is 1. The molecule has 0 saturated carbocycles. The predicted octanol–water partition coefficient (Wildman–Crippen LogP) is 7.14. The number of fused-ring (bicyclic) bond motifs is 2. The van der Waals surface area contributed by atoms with E-state index in [2.05, 4.69) is 102 Å². The van der Waals surface area contributed by atoms with Gasteiger partial charge in [0.25, 0.3) is 5.91 Å². The highest BCUT2D eigenvalue weighted by Gasteiger charge is 2.34. The molecular formula is C34H33N3O. The Kier molecular flexibility index (Phi) is 6.65. The van der Waals surface area contributed by atoms with E-state index in [1.54, 1.807) is 0 Å². The second-order valence-corrected chi connectivity index (χ2v) is 10.5. The van der Waals surface area contributed by atoms with E-state index >= 15 is 0 Å². The third-order valence-corrected chi connectivity index (χ3v) is 7.83. The SMILES string of the molecule is Cc1cc(C)cc(C(=O)N2CCC(NCc3ccnc4ccccc34)CC2c2cccc3ccccc23)c1. The first kappa shape index (κ1) is 24.3. The summed E-state index contributed by atoms with van der Waals surface area (Å²) in [7, 11) is 0. The first-order valence-electron chi connectivity index (χ1n) is 13.5. The van der Waals surface area contributed by atoms with Crippen molar-refractivity contribution in [1.29, 1.82) is 0 Å². The molecule has 190 valence electrons. The number of nitrogens with zero attached hydrogens (tertiary/aromatic N) is 2. The minimum Gasteiger partial charge on any atom is -0.331 e. The quantitative estimate of drug-likeness (QED) is 0.280. The minimum atomic E-state index is -0.00477. The van der Waals surface area contributed by atoms with Crippen LogP contribution >= 0.6 is 0 Å². The Hall–Kier alpha value is -4.02. The molecule has 1 fully saturated rings. The Morgan fingerprint density at radius 2 is 1.63 bits per heavy atom. The number of aromatic nitrogens is 1. The summed E-state index contributed by atoms with van der Waals surface area (Å²) >= 11 is 0. The number of likely N-dealkylation sites (tertiary alicyclic amines) is 1. The smallest absolute Gasteiger partial charge is 0.254 e. The first-order chi connectivity index (χ1) is 18.6. The lowest BCUT2D eigenvalue weighted by molar-refractivity contribution is 0.0576. The van der Waals surface area contributed by atoms with Crippen LogP contribution in [0.2, 0.25) is 0 Å². The molecule has 1 aromatic heterocycles. The van der Waals surface area contributed by atoms with E-state index in [9.17, 15) is 4.79 Å². The van der Waals surface area contributed by atoms with Gasteiger partial charge in [-0.1, -0.05) is 77.9 Å². The fraction of sp³-hybridized carbons (Fsp3) is 0.235. The third-order valence-electron chi connectivity index (χ3n) is 7.83. The van der Waals surface area contributed by atoms with E-state index in [0.717, 1.165) is 41.6 Å². The van der Waals surface area contributed by atoms with E-state index in [4.69, 9.17) is 0 Å². The van der Waals surface area contributed by atoms with E-state index < -0.39 is 0 Å². The van der Waals surface area contributed by atoms with Crippen molar-refractivity contribution in [2.24, 2.45) is 0 Å². The van der Waals surface area contributed by atoms with E-state index in [1.807, 2.05) is 24.4 Å². The van der Waals surface area contributed by atoms with Crippen molar-refractivity contribution in [1.82, 2.24) is 15.2 Å². The topological polar surface area (TPSA) is 45.2 Å². The highest BCUT2D eigenvalue weighted by molar-refractivity contribution is 5.95. The number of aryl methyl sites for hydroxylation is 2. The largest absolute Gasteiger partial charge is 0.331 e. The molecule has 1 saturated heterocycles. The van der Waals surface area contributed by atoms with E-state index in [1.165, 1.54) is 27.3 Å². The zero-order chi connectivity index (χ0) is 26.1. The highest BCUT2D eigenvalue weighted by Crippen LogP contribution is 2.36. The van der Waals surface area contributed by atoms with Crippen LogP contribution in [0.1, 0.15) is 51.5 Å². The van der Waals surface area contributed by atoms with Crippen LogP contribution in [-0.2, 0) is 6.54 Å². The number of para-hydroxylation sites is 1. The number of carbonyl (C=O) groups excluding carboxylic acids is 1. The summed E-state index contributed by atoms with van der Waals surface area (Å²) in [6, 6.07) is 31.9. The Morgan fingerprint density at radius 1 is 0.895 bits per heavy atom. The number of rotatable bonds is 5. The summed E-state index contributed by atoms with van der Waals surface area (Å²) in [6.07, 6.45) is 3.68. The van der Waals surface area contributed by atoms with Gasteiger partial charge >= 0.3 is 0 Å². The number of benzene rings is 4. The maximum atomic E-state index is 14.0. The van der Waals surface area contributed by atoms with Crippen LogP contribution in [0.15, 0.2) is 97.2 Å². The van der Waals surface area contributed by atoms with Crippen molar-refractivity contribution in [2.45, 2.75) is 45.3 Å². The van der Waals surface area contributed by atoms with Gasteiger partial charge < -0.3 is 10.2 Å². The molecule has 1 aliphatic rings. The normalized spacial score (nSPS) is 17.7. The van der Waals surface area contributed by atoms with Crippen molar-refractivity contribution >= 4 is 27.6 Å². The minimum absolute atomic E-state index is 0.00477. The molecular weight excluding hydrogens is 466 g/mol. The molecule has 4 aromatic carbocycles. The maximum absolute atomic E-state index is 14.0. The van der Waals surface area contributed by atoms with Gasteiger partial charge in [-0.3, -0.25) is 9.78 Å². The number of pyridine rings is 1. The predicted molar refractivity (Wildman–Crippen MR) is 155 cm³/mol. The fourth-order valence-corrected chi connectivity index (χ4v) is 6.06. The van der Waals surface area contributed by atoms with Gasteiger partial charge in [0.1, 0.15) is 0 Å². The van der Waals surface area contributed by atoms with E-state index in [0.29, 0.717) is 12.6 Å². The number of hydrogen-bond acceptors (Lipinski definition) is 3. The average Bonchev–Trinajstić information content (AvgIpc) is 2.95. The van der Waals surface area contributed by atoms with Gasteiger partial charge in [-0.15, -0.1) is 0 Å². The number of nitrogens with one attached hydrogen (secondary N) is 1. The van der Waals surface area contributed by atoms with Gasteiger partial charge in [0.2, 0.25) is 0 Å². The molecule has 1 aliphatic heterocycles. The molecule has 38 heavy (non-hydrogen) atoms. The van der Waals surface area contributed by atoms with Gasteiger partial charge in [-0.2, -0.15) is 0 Å². The van der Waals surface area contributed by atoms with Crippen LogP contribution in [0.3, 0.4) is 0 Å². The number of piperidine rings is 1. The summed E-state index contributed by atoms with van der Waals surface area (Å²) in [5, 5.41) is 7.45. The van der Waals surface area contributed by atoms with Crippen LogP contribution < -0.4 is 5.32 Å². The van der Waals surface area contributed by atoms with Crippen molar-refractivity contribution in [3.8, 4) is 0 Å².